The number of carbonyl (C=O) groups excluding carboxylic acids is 1. The molecule has 1 saturated carbocycles. The Balaban J connectivity index is 0.00000108. The van der Waals surface area contributed by atoms with Crippen LogP contribution in [0.2, 0.25) is 0 Å². The lowest BCUT2D eigenvalue weighted by Crippen LogP contribution is -2.28. The molecular formula is C11H16ClN3OS. The standard InChI is InChI=1S/C11H15N3OS.ClH/c15-10(7-2-1-3-7)14-11-13-8-4-5-12-6-9(8)16-11;/h7,12H,1-6H2,(H,13,14,15);1H. The number of carbonyl (C=O) groups is 1. The van der Waals surface area contributed by atoms with Crippen LogP contribution in [0.4, 0.5) is 5.13 Å². The van der Waals surface area contributed by atoms with E-state index >= 15 is 0 Å². The Morgan fingerprint density at radius 2 is 2.29 bits per heavy atom. The first-order valence-corrected chi connectivity index (χ1v) is 6.65. The molecule has 0 atom stereocenters. The van der Waals surface area contributed by atoms with Crippen LogP contribution < -0.4 is 10.6 Å². The minimum absolute atomic E-state index is 0. The van der Waals surface area contributed by atoms with Crippen LogP contribution in [0.15, 0.2) is 0 Å². The molecule has 1 aliphatic carbocycles. The van der Waals surface area contributed by atoms with Gasteiger partial charge in [-0.15, -0.1) is 23.7 Å². The van der Waals surface area contributed by atoms with Crippen molar-refractivity contribution in [2.45, 2.75) is 32.2 Å². The van der Waals surface area contributed by atoms with E-state index in [0.717, 1.165) is 43.2 Å². The second-order valence-electron chi connectivity index (χ2n) is 4.43. The van der Waals surface area contributed by atoms with E-state index in [-0.39, 0.29) is 24.2 Å². The molecule has 2 aliphatic rings. The van der Waals surface area contributed by atoms with Crippen molar-refractivity contribution in [1.82, 2.24) is 10.3 Å². The number of nitrogens with zero attached hydrogens (tertiary/aromatic N) is 1. The number of hydrogen-bond donors (Lipinski definition) is 2. The fourth-order valence-electron chi connectivity index (χ4n) is 2.06. The Bertz CT molecular complexity index is 393. The van der Waals surface area contributed by atoms with E-state index < -0.39 is 0 Å². The molecule has 0 radical (unpaired) electrons. The van der Waals surface area contributed by atoms with Crippen LogP contribution in [0.5, 0.6) is 0 Å². The molecule has 1 amide bonds. The van der Waals surface area contributed by atoms with Gasteiger partial charge in [0.05, 0.1) is 5.69 Å². The molecule has 4 nitrogen and oxygen atoms in total. The summed E-state index contributed by atoms with van der Waals surface area (Å²) in [4.78, 5) is 17.5. The molecule has 0 spiro atoms. The smallest absolute Gasteiger partial charge is 0.229 e. The van der Waals surface area contributed by atoms with Crippen molar-refractivity contribution < 1.29 is 4.79 Å². The molecule has 3 rings (SSSR count). The summed E-state index contributed by atoms with van der Waals surface area (Å²) >= 11 is 1.61. The summed E-state index contributed by atoms with van der Waals surface area (Å²) in [5.41, 5.74) is 1.16. The molecule has 1 aliphatic heterocycles. The van der Waals surface area contributed by atoms with Gasteiger partial charge in [-0.2, -0.15) is 0 Å². The third-order valence-electron chi connectivity index (χ3n) is 3.31. The van der Waals surface area contributed by atoms with Gasteiger partial charge in [-0.05, 0) is 12.8 Å². The average molecular weight is 274 g/mol. The first-order chi connectivity index (χ1) is 7.83. The fourth-order valence-corrected chi connectivity index (χ4v) is 3.04. The van der Waals surface area contributed by atoms with E-state index in [1.165, 1.54) is 11.3 Å². The summed E-state index contributed by atoms with van der Waals surface area (Å²) in [5, 5.41) is 7.04. The molecule has 1 aromatic rings. The molecule has 2 heterocycles. The predicted octanol–water partition coefficient (Wildman–Crippen LogP) is 1.95. The quantitative estimate of drug-likeness (QED) is 0.866. The van der Waals surface area contributed by atoms with Crippen molar-refractivity contribution in [1.29, 1.82) is 0 Å². The SMILES string of the molecule is Cl.O=C(Nc1nc2c(s1)CNCC2)C1CCC1. The van der Waals surface area contributed by atoms with Crippen molar-refractivity contribution in [3.8, 4) is 0 Å². The minimum atomic E-state index is 0. The van der Waals surface area contributed by atoms with Gasteiger partial charge in [-0.1, -0.05) is 6.42 Å². The summed E-state index contributed by atoms with van der Waals surface area (Å²) < 4.78 is 0. The molecule has 0 unspecified atom stereocenters. The minimum Gasteiger partial charge on any atom is -0.311 e. The van der Waals surface area contributed by atoms with Crippen LogP contribution in [0, 0.1) is 5.92 Å². The highest BCUT2D eigenvalue weighted by atomic mass is 35.5. The van der Waals surface area contributed by atoms with Crippen LogP contribution >= 0.6 is 23.7 Å². The molecule has 0 saturated heterocycles. The van der Waals surface area contributed by atoms with Crippen LogP contribution in [0.25, 0.3) is 0 Å². The number of amides is 1. The highest BCUT2D eigenvalue weighted by Gasteiger charge is 2.26. The Kier molecular flexibility index (Phi) is 4.01. The van der Waals surface area contributed by atoms with E-state index in [1.807, 2.05) is 0 Å². The number of thiazole rings is 1. The third kappa shape index (κ3) is 2.61. The second kappa shape index (κ2) is 5.33. The number of halogens is 1. The Morgan fingerprint density at radius 3 is 2.94 bits per heavy atom. The second-order valence-corrected chi connectivity index (χ2v) is 5.52. The summed E-state index contributed by atoms with van der Waals surface area (Å²) in [6.45, 7) is 1.89. The molecule has 1 fully saturated rings. The Hall–Kier alpha value is -0.650. The van der Waals surface area contributed by atoms with Gasteiger partial charge in [-0.25, -0.2) is 4.98 Å². The Morgan fingerprint density at radius 1 is 1.47 bits per heavy atom. The van der Waals surface area contributed by atoms with Crippen LogP contribution in [-0.2, 0) is 17.8 Å². The predicted molar refractivity (Wildman–Crippen MR) is 70.7 cm³/mol. The van der Waals surface area contributed by atoms with E-state index in [9.17, 15) is 4.79 Å². The molecule has 6 heteroatoms. The lowest BCUT2D eigenvalue weighted by atomic mass is 9.85. The topological polar surface area (TPSA) is 54.0 Å². The van der Waals surface area contributed by atoms with E-state index in [2.05, 4.69) is 15.6 Å². The molecule has 94 valence electrons. The zero-order valence-corrected chi connectivity index (χ0v) is 11.1. The monoisotopic (exact) mass is 273 g/mol. The maximum atomic E-state index is 11.7. The zero-order valence-electron chi connectivity index (χ0n) is 9.49. The van der Waals surface area contributed by atoms with Gasteiger partial charge < -0.3 is 10.6 Å². The van der Waals surface area contributed by atoms with Gasteiger partial charge in [0.2, 0.25) is 5.91 Å². The number of rotatable bonds is 2. The maximum absolute atomic E-state index is 11.7. The summed E-state index contributed by atoms with van der Waals surface area (Å²) in [6, 6.07) is 0. The largest absolute Gasteiger partial charge is 0.311 e. The molecule has 1 aromatic heterocycles. The molecule has 17 heavy (non-hydrogen) atoms. The summed E-state index contributed by atoms with van der Waals surface area (Å²) in [5.74, 6) is 0.393. The number of hydrogen-bond acceptors (Lipinski definition) is 4. The average Bonchev–Trinajstić information content (AvgIpc) is 2.56. The van der Waals surface area contributed by atoms with E-state index in [1.54, 1.807) is 11.3 Å². The van der Waals surface area contributed by atoms with Crippen molar-refractivity contribution in [3.63, 3.8) is 0 Å². The lowest BCUT2D eigenvalue weighted by molar-refractivity contribution is -0.122. The molecule has 2 N–H and O–H groups in total. The van der Waals surface area contributed by atoms with Crippen molar-refractivity contribution >= 4 is 34.8 Å². The van der Waals surface area contributed by atoms with Crippen molar-refractivity contribution in [3.05, 3.63) is 10.6 Å². The van der Waals surface area contributed by atoms with E-state index in [0.29, 0.717) is 0 Å². The lowest BCUT2D eigenvalue weighted by Gasteiger charge is -2.23. The van der Waals surface area contributed by atoms with Crippen LogP contribution in [0.3, 0.4) is 0 Å². The number of aromatic nitrogens is 1. The van der Waals surface area contributed by atoms with Gasteiger partial charge in [0.1, 0.15) is 0 Å². The van der Waals surface area contributed by atoms with Gasteiger partial charge in [0.15, 0.2) is 5.13 Å². The highest BCUT2D eigenvalue weighted by molar-refractivity contribution is 7.15. The van der Waals surface area contributed by atoms with Gasteiger partial charge in [-0.3, -0.25) is 4.79 Å². The first-order valence-electron chi connectivity index (χ1n) is 5.83. The summed E-state index contributed by atoms with van der Waals surface area (Å²) in [7, 11) is 0. The summed E-state index contributed by atoms with van der Waals surface area (Å²) in [6.07, 6.45) is 4.25. The van der Waals surface area contributed by atoms with Crippen LogP contribution in [0.1, 0.15) is 29.8 Å². The first kappa shape index (κ1) is 12.8. The fraction of sp³-hybridized carbons (Fsp3) is 0.636. The highest BCUT2D eigenvalue weighted by Crippen LogP contribution is 2.30. The number of anilines is 1. The van der Waals surface area contributed by atoms with Gasteiger partial charge in [0.25, 0.3) is 0 Å². The van der Waals surface area contributed by atoms with Crippen molar-refractivity contribution in [2.75, 3.05) is 11.9 Å². The Labute approximate surface area is 111 Å². The van der Waals surface area contributed by atoms with Crippen LogP contribution in [-0.4, -0.2) is 17.4 Å². The van der Waals surface area contributed by atoms with Gasteiger partial charge >= 0.3 is 0 Å². The number of fused-ring (bicyclic) bond motifs is 1. The van der Waals surface area contributed by atoms with Gasteiger partial charge in [0, 0.05) is 30.3 Å². The third-order valence-corrected chi connectivity index (χ3v) is 4.32. The molecule has 0 bridgehead atoms. The zero-order chi connectivity index (χ0) is 11.0. The van der Waals surface area contributed by atoms with Crippen molar-refractivity contribution in [2.24, 2.45) is 5.92 Å². The maximum Gasteiger partial charge on any atom is 0.229 e. The number of nitrogens with one attached hydrogen (secondary N) is 2. The molecule has 0 aromatic carbocycles. The van der Waals surface area contributed by atoms with E-state index in [4.69, 9.17) is 0 Å². The normalized spacial score (nSPS) is 18.8. The molecular weight excluding hydrogens is 258 g/mol.